The Balaban J connectivity index is 1.14. The van der Waals surface area contributed by atoms with Gasteiger partial charge in [-0.25, -0.2) is 0 Å². The third kappa shape index (κ3) is 3.89. The maximum absolute atomic E-state index is 6.43. The van der Waals surface area contributed by atoms with Gasteiger partial charge in [0.05, 0.1) is 0 Å². The van der Waals surface area contributed by atoms with E-state index in [0.29, 0.717) is 0 Å². The Morgan fingerprint density at radius 2 is 1.11 bits per heavy atom. The molecule has 0 unspecified atom stereocenters. The molecule has 212 valence electrons. The third-order valence-corrected chi connectivity index (χ3v) is 9.25. The molecule has 0 atom stereocenters. The van der Waals surface area contributed by atoms with Crippen molar-refractivity contribution in [1.82, 2.24) is 0 Å². The highest BCUT2D eigenvalue weighted by atomic mass is 16.3. The van der Waals surface area contributed by atoms with E-state index < -0.39 is 0 Å². The average molecular weight is 577 g/mol. The second-order valence-electron chi connectivity index (χ2n) is 11.7. The van der Waals surface area contributed by atoms with Crippen molar-refractivity contribution in [3.05, 3.63) is 151 Å². The highest BCUT2D eigenvalue weighted by Crippen LogP contribution is 2.43. The molecule has 2 heterocycles. The van der Waals surface area contributed by atoms with Crippen LogP contribution in [0.25, 0.3) is 93.9 Å². The first-order chi connectivity index (χ1) is 22.2. The van der Waals surface area contributed by atoms with Gasteiger partial charge >= 0.3 is 0 Å². The fourth-order valence-corrected chi connectivity index (χ4v) is 7.06. The Bertz CT molecular complexity index is 2560. The Morgan fingerprint density at radius 3 is 1.84 bits per heavy atom. The first-order valence-corrected chi connectivity index (χ1v) is 15.3. The highest BCUT2D eigenvalue weighted by Gasteiger charge is 2.20. The minimum absolute atomic E-state index is 0.763. The van der Waals surface area contributed by atoms with E-state index in [9.17, 15) is 0 Å². The van der Waals surface area contributed by atoms with Gasteiger partial charge in [0.1, 0.15) is 22.5 Å². The summed E-state index contributed by atoms with van der Waals surface area (Å²) < 4.78 is 12.7. The fraction of sp³-hybridized carbons (Fsp3) is 0.0233. The SMILES string of the molecule is C=Cc1oc2cc(-c3ccc(-c4c5ccccc5cc5ccccc45)cc3)ccc2c1-c1ccc2c(oc3ccccc32)c1C. The zero-order chi connectivity index (χ0) is 30.1. The normalized spacial score (nSPS) is 11.8. The Kier molecular flexibility index (Phi) is 5.60. The number of benzene rings is 7. The van der Waals surface area contributed by atoms with Gasteiger partial charge in [-0.15, -0.1) is 0 Å². The van der Waals surface area contributed by atoms with E-state index >= 15 is 0 Å². The van der Waals surface area contributed by atoms with Crippen LogP contribution in [0, 0.1) is 6.92 Å². The molecule has 0 saturated carbocycles. The van der Waals surface area contributed by atoms with E-state index in [4.69, 9.17) is 8.83 Å². The lowest BCUT2D eigenvalue weighted by molar-refractivity contribution is 0.605. The summed E-state index contributed by atoms with van der Waals surface area (Å²) in [6.45, 7) is 6.21. The van der Waals surface area contributed by atoms with Gasteiger partial charge < -0.3 is 8.83 Å². The van der Waals surface area contributed by atoms with Crippen LogP contribution < -0.4 is 0 Å². The number of hydrogen-bond acceptors (Lipinski definition) is 2. The summed E-state index contributed by atoms with van der Waals surface area (Å²) in [5, 5.41) is 8.35. The highest BCUT2D eigenvalue weighted by molar-refractivity contribution is 6.13. The molecule has 2 heteroatoms. The smallest absolute Gasteiger partial charge is 0.138 e. The lowest BCUT2D eigenvalue weighted by atomic mass is 9.91. The number of rotatable bonds is 4. The molecule has 0 fully saturated rings. The Morgan fingerprint density at radius 1 is 0.489 bits per heavy atom. The summed E-state index contributed by atoms with van der Waals surface area (Å²) in [4.78, 5) is 0. The molecule has 0 aliphatic heterocycles. The Hall–Kier alpha value is -5.86. The maximum atomic E-state index is 6.43. The summed E-state index contributed by atoms with van der Waals surface area (Å²) in [6.07, 6.45) is 1.81. The number of hydrogen-bond donors (Lipinski definition) is 0. The van der Waals surface area contributed by atoms with Gasteiger partial charge in [0.2, 0.25) is 0 Å². The van der Waals surface area contributed by atoms with Crippen molar-refractivity contribution in [2.75, 3.05) is 0 Å². The van der Waals surface area contributed by atoms with Crippen LogP contribution in [0.5, 0.6) is 0 Å². The second-order valence-corrected chi connectivity index (χ2v) is 11.7. The summed E-state index contributed by atoms with van der Waals surface area (Å²) in [6, 6.07) is 47.5. The van der Waals surface area contributed by atoms with E-state index in [-0.39, 0.29) is 0 Å². The molecule has 0 bridgehead atoms. The molecule has 7 aromatic carbocycles. The molecule has 0 spiro atoms. The van der Waals surface area contributed by atoms with Crippen LogP contribution >= 0.6 is 0 Å². The molecular formula is C43H28O2. The van der Waals surface area contributed by atoms with Crippen molar-refractivity contribution in [3.8, 4) is 33.4 Å². The van der Waals surface area contributed by atoms with Gasteiger partial charge in [-0.05, 0) is 92.7 Å². The predicted octanol–water partition coefficient (Wildman–Crippen LogP) is 12.6. The zero-order valence-electron chi connectivity index (χ0n) is 24.8. The van der Waals surface area contributed by atoms with E-state index in [1.807, 2.05) is 12.1 Å². The molecule has 0 aliphatic carbocycles. The second kappa shape index (κ2) is 9.83. The molecule has 9 rings (SSSR count). The van der Waals surface area contributed by atoms with Gasteiger partial charge in [-0.1, -0.05) is 110 Å². The van der Waals surface area contributed by atoms with Crippen LogP contribution in [-0.4, -0.2) is 0 Å². The van der Waals surface area contributed by atoms with Crippen molar-refractivity contribution in [3.63, 3.8) is 0 Å². The zero-order valence-corrected chi connectivity index (χ0v) is 24.8. The van der Waals surface area contributed by atoms with Crippen LogP contribution in [0.2, 0.25) is 0 Å². The lowest BCUT2D eigenvalue weighted by Gasteiger charge is -2.13. The van der Waals surface area contributed by atoms with E-state index in [1.165, 1.54) is 32.7 Å². The van der Waals surface area contributed by atoms with Crippen LogP contribution in [0.3, 0.4) is 0 Å². The Labute approximate surface area is 260 Å². The molecule has 2 aromatic heterocycles. The topological polar surface area (TPSA) is 26.3 Å². The minimum Gasteiger partial charge on any atom is -0.456 e. The largest absolute Gasteiger partial charge is 0.456 e. The molecule has 0 saturated heterocycles. The van der Waals surface area contributed by atoms with Crippen LogP contribution in [0.15, 0.2) is 149 Å². The molecule has 0 N–H and O–H groups in total. The van der Waals surface area contributed by atoms with Crippen molar-refractivity contribution in [1.29, 1.82) is 0 Å². The van der Waals surface area contributed by atoms with Crippen molar-refractivity contribution in [2.45, 2.75) is 6.92 Å². The number of furan rings is 2. The van der Waals surface area contributed by atoms with Crippen molar-refractivity contribution >= 4 is 60.5 Å². The molecule has 45 heavy (non-hydrogen) atoms. The van der Waals surface area contributed by atoms with Gasteiger partial charge in [0.15, 0.2) is 0 Å². The van der Waals surface area contributed by atoms with Crippen molar-refractivity contribution < 1.29 is 8.83 Å². The molecule has 0 aliphatic rings. The van der Waals surface area contributed by atoms with Crippen LogP contribution in [0.1, 0.15) is 11.3 Å². The van der Waals surface area contributed by atoms with Gasteiger partial charge in [-0.3, -0.25) is 0 Å². The third-order valence-electron chi connectivity index (χ3n) is 9.25. The first kappa shape index (κ1) is 25.6. The molecule has 2 nitrogen and oxygen atoms in total. The van der Waals surface area contributed by atoms with Crippen LogP contribution in [0.4, 0.5) is 0 Å². The van der Waals surface area contributed by atoms with Gasteiger partial charge in [-0.2, -0.15) is 0 Å². The minimum atomic E-state index is 0.763. The van der Waals surface area contributed by atoms with Gasteiger partial charge in [0.25, 0.3) is 0 Å². The maximum Gasteiger partial charge on any atom is 0.138 e. The van der Waals surface area contributed by atoms with E-state index in [0.717, 1.165) is 66.5 Å². The fourth-order valence-electron chi connectivity index (χ4n) is 7.06. The number of para-hydroxylation sites is 1. The predicted molar refractivity (Wildman–Crippen MR) is 190 cm³/mol. The number of fused-ring (bicyclic) bond motifs is 6. The summed E-state index contributed by atoms with van der Waals surface area (Å²) in [7, 11) is 0. The molecule has 9 aromatic rings. The average Bonchev–Trinajstić information content (AvgIpc) is 3.66. The summed E-state index contributed by atoms with van der Waals surface area (Å²) in [5.41, 5.74) is 10.6. The van der Waals surface area contributed by atoms with E-state index in [2.05, 4.69) is 135 Å². The van der Waals surface area contributed by atoms with Crippen molar-refractivity contribution in [2.24, 2.45) is 0 Å². The lowest BCUT2D eigenvalue weighted by Crippen LogP contribution is -1.86. The monoisotopic (exact) mass is 576 g/mol. The molecular weight excluding hydrogens is 548 g/mol. The summed E-state index contributed by atoms with van der Waals surface area (Å²) in [5.74, 6) is 0.763. The van der Waals surface area contributed by atoms with E-state index in [1.54, 1.807) is 6.08 Å². The summed E-state index contributed by atoms with van der Waals surface area (Å²) >= 11 is 0. The van der Waals surface area contributed by atoms with Gasteiger partial charge in [0, 0.05) is 27.3 Å². The number of aryl methyl sites for hydroxylation is 1. The quantitative estimate of drug-likeness (QED) is 0.195. The first-order valence-electron chi connectivity index (χ1n) is 15.3. The molecule has 0 radical (unpaired) electrons. The standard InChI is InChI=1S/C43H28O2/c1-3-38-42(32-22-23-36-35-14-8-9-15-39(35)45-43(36)26(32)2)37-21-20-29(25-40(37)44-38)27-16-18-28(19-17-27)41-33-12-6-4-10-30(33)24-31-11-5-7-13-34(31)41/h3-25H,1H2,2H3. The molecule has 0 amide bonds. The van der Waals surface area contributed by atoms with Crippen LogP contribution in [-0.2, 0) is 0 Å².